The maximum Gasteiger partial charge on any atom is 0.325 e. The molecule has 1 fully saturated rings. The number of rotatable bonds is 5. The topological polar surface area (TPSA) is 78.5 Å². The van der Waals surface area contributed by atoms with Gasteiger partial charge in [0.25, 0.3) is 5.91 Å². The summed E-state index contributed by atoms with van der Waals surface area (Å²) < 4.78 is 0. The second-order valence-electron chi connectivity index (χ2n) is 4.17. The first-order valence-electron chi connectivity index (χ1n) is 5.35. The van der Waals surface area contributed by atoms with Crippen LogP contribution in [0.3, 0.4) is 0 Å². The number of carbonyl (C=O) groups excluding carboxylic acids is 3. The van der Waals surface area contributed by atoms with Gasteiger partial charge < -0.3 is 10.6 Å². The van der Waals surface area contributed by atoms with Crippen LogP contribution in [-0.2, 0) is 9.59 Å². The third kappa shape index (κ3) is 3.52. The minimum Gasteiger partial charge on any atom is -0.355 e. The molecule has 4 amide bonds. The fourth-order valence-electron chi connectivity index (χ4n) is 1.32. The monoisotopic (exact) mass is 227 g/mol. The van der Waals surface area contributed by atoms with Gasteiger partial charge in [0.2, 0.25) is 5.91 Å². The minimum atomic E-state index is -0.496. The zero-order valence-corrected chi connectivity index (χ0v) is 9.58. The molecule has 2 N–H and O–H groups in total. The number of carbonyl (C=O) groups is 3. The van der Waals surface area contributed by atoms with Crippen molar-refractivity contribution in [3.05, 3.63) is 0 Å². The van der Waals surface area contributed by atoms with Crippen molar-refractivity contribution in [2.75, 3.05) is 19.6 Å². The molecular weight excluding hydrogens is 210 g/mol. The molecule has 0 radical (unpaired) electrons. The molecule has 1 saturated heterocycles. The Labute approximate surface area is 94.4 Å². The Morgan fingerprint density at radius 2 is 2.19 bits per heavy atom. The first kappa shape index (κ1) is 12.5. The molecule has 1 rings (SSSR count). The quantitative estimate of drug-likeness (QED) is 0.633. The fraction of sp³-hybridized carbons (Fsp3) is 0.700. The zero-order chi connectivity index (χ0) is 12.1. The Morgan fingerprint density at radius 1 is 1.50 bits per heavy atom. The molecular formula is C10H17N3O3. The van der Waals surface area contributed by atoms with Crippen LogP contribution in [0.25, 0.3) is 0 Å². The second kappa shape index (κ2) is 5.48. The van der Waals surface area contributed by atoms with Crippen LogP contribution in [0.4, 0.5) is 4.79 Å². The van der Waals surface area contributed by atoms with E-state index in [2.05, 4.69) is 24.5 Å². The Hall–Kier alpha value is -1.59. The molecule has 0 saturated carbocycles. The molecule has 0 aromatic rings. The van der Waals surface area contributed by atoms with Crippen molar-refractivity contribution >= 4 is 17.8 Å². The predicted octanol–water partition coefficient (Wildman–Crippen LogP) is -0.299. The van der Waals surface area contributed by atoms with Gasteiger partial charge in [0.1, 0.15) is 6.54 Å². The van der Waals surface area contributed by atoms with Crippen molar-refractivity contribution in [2.24, 2.45) is 5.92 Å². The smallest absolute Gasteiger partial charge is 0.325 e. The van der Waals surface area contributed by atoms with Gasteiger partial charge in [0.15, 0.2) is 0 Å². The van der Waals surface area contributed by atoms with Crippen molar-refractivity contribution in [2.45, 2.75) is 20.3 Å². The van der Waals surface area contributed by atoms with Gasteiger partial charge in [0.05, 0.1) is 6.54 Å². The van der Waals surface area contributed by atoms with E-state index < -0.39 is 6.03 Å². The summed E-state index contributed by atoms with van der Waals surface area (Å²) in [5.74, 6) is -0.146. The van der Waals surface area contributed by atoms with E-state index in [1.165, 1.54) is 0 Å². The van der Waals surface area contributed by atoms with Crippen molar-refractivity contribution in [1.82, 2.24) is 15.5 Å². The number of imide groups is 1. The van der Waals surface area contributed by atoms with Crippen LogP contribution in [0.15, 0.2) is 0 Å². The van der Waals surface area contributed by atoms with Crippen molar-refractivity contribution in [3.8, 4) is 0 Å². The number of nitrogens with zero attached hydrogens (tertiary/aromatic N) is 1. The molecule has 1 heterocycles. The molecule has 0 spiro atoms. The highest BCUT2D eigenvalue weighted by molar-refractivity contribution is 6.04. The number of nitrogens with one attached hydrogen (secondary N) is 2. The van der Waals surface area contributed by atoms with Crippen LogP contribution >= 0.6 is 0 Å². The lowest BCUT2D eigenvalue weighted by Crippen LogP contribution is -2.41. The van der Waals surface area contributed by atoms with Crippen molar-refractivity contribution < 1.29 is 14.4 Å². The maximum atomic E-state index is 11.4. The Kier molecular flexibility index (Phi) is 4.28. The van der Waals surface area contributed by atoms with Gasteiger partial charge in [-0.1, -0.05) is 13.8 Å². The van der Waals surface area contributed by atoms with E-state index >= 15 is 0 Å². The maximum absolute atomic E-state index is 11.4. The average molecular weight is 227 g/mol. The van der Waals surface area contributed by atoms with Gasteiger partial charge >= 0.3 is 6.03 Å². The Balaban J connectivity index is 2.28. The van der Waals surface area contributed by atoms with E-state index in [-0.39, 0.29) is 24.9 Å². The van der Waals surface area contributed by atoms with E-state index in [1.807, 2.05) is 0 Å². The molecule has 6 heteroatoms. The summed E-state index contributed by atoms with van der Waals surface area (Å²) in [5, 5.41) is 5.03. The van der Waals surface area contributed by atoms with E-state index in [9.17, 15) is 14.4 Å². The molecule has 0 atom stereocenters. The number of urea groups is 1. The third-order valence-electron chi connectivity index (χ3n) is 2.28. The fourth-order valence-corrected chi connectivity index (χ4v) is 1.32. The summed E-state index contributed by atoms with van der Waals surface area (Å²) in [5.41, 5.74) is 0. The second-order valence-corrected chi connectivity index (χ2v) is 4.17. The molecule has 1 aliphatic rings. The molecule has 6 nitrogen and oxygen atoms in total. The van der Waals surface area contributed by atoms with Crippen LogP contribution in [0.1, 0.15) is 20.3 Å². The van der Waals surface area contributed by atoms with Crippen LogP contribution in [0.2, 0.25) is 0 Å². The number of hydrogen-bond acceptors (Lipinski definition) is 3. The zero-order valence-electron chi connectivity index (χ0n) is 9.58. The summed E-state index contributed by atoms with van der Waals surface area (Å²) in [6.45, 7) is 4.48. The standard InChI is InChI=1S/C10H17N3O3/c1-7(2)3-4-11-8(14)6-13-9(15)5-12-10(13)16/h7H,3-6H2,1-2H3,(H,11,14)(H,12,16). The van der Waals surface area contributed by atoms with Crippen molar-refractivity contribution in [1.29, 1.82) is 0 Å². The Morgan fingerprint density at radius 3 is 2.69 bits per heavy atom. The first-order chi connectivity index (χ1) is 7.50. The normalized spacial score (nSPS) is 15.6. The molecule has 0 aliphatic carbocycles. The van der Waals surface area contributed by atoms with Gasteiger partial charge in [-0.15, -0.1) is 0 Å². The van der Waals surface area contributed by atoms with Gasteiger partial charge in [-0.25, -0.2) is 4.79 Å². The summed E-state index contributed by atoms with van der Waals surface area (Å²) >= 11 is 0. The molecule has 16 heavy (non-hydrogen) atoms. The highest BCUT2D eigenvalue weighted by Crippen LogP contribution is 1.99. The van der Waals surface area contributed by atoms with Crippen LogP contribution in [0.5, 0.6) is 0 Å². The first-order valence-corrected chi connectivity index (χ1v) is 5.35. The predicted molar refractivity (Wildman–Crippen MR) is 57.6 cm³/mol. The van der Waals surface area contributed by atoms with Gasteiger partial charge in [-0.3, -0.25) is 14.5 Å². The summed E-state index contributed by atoms with van der Waals surface area (Å²) in [4.78, 5) is 34.6. The van der Waals surface area contributed by atoms with E-state index in [0.29, 0.717) is 12.5 Å². The highest BCUT2D eigenvalue weighted by atomic mass is 16.2. The van der Waals surface area contributed by atoms with Crippen molar-refractivity contribution in [3.63, 3.8) is 0 Å². The highest BCUT2D eigenvalue weighted by Gasteiger charge is 2.29. The van der Waals surface area contributed by atoms with Gasteiger partial charge in [-0.05, 0) is 12.3 Å². The van der Waals surface area contributed by atoms with Gasteiger partial charge in [0, 0.05) is 6.54 Å². The van der Waals surface area contributed by atoms with E-state index in [1.54, 1.807) is 0 Å². The molecule has 0 aromatic heterocycles. The minimum absolute atomic E-state index is 0.0158. The lowest BCUT2D eigenvalue weighted by molar-refractivity contribution is -0.130. The number of hydrogen-bond donors (Lipinski definition) is 2. The molecule has 0 unspecified atom stereocenters. The lowest BCUT2D eigenvalue weighted by atomic mass is 10.1. The molecule has 0 bridgehead atoms. The van der Waals surface area contributed by atoms with Crippen LogP contribution < -0.4 is 10.6 Å². The summed E-state index contributed by atoms with van der Waals surface area (Å²) in [6, 6.07) is -0.496. The molecule has 1 aliphatic heterocycles. The lowest BCUT2D eigenvalue weighted by Gasteiger charge is -2.12. The average Bonchev–Trinajstić information content (AvgIpc) is 2.49. The summed E-state index contributed by atoms with van der Waals surface area (Å²) in [6.07, 6.45) is 0.881. The molecule has 90 valence electrons. The van der Waals surface area contributed by atoms with Gasteiger partial charge in [-0.2, -0.15) is 0 Å². The Bertz CT molecular complexity index is 286. The largest absolute Gasteiger partial charge is 0.355 e. The molecule has 0 aromatic carbocycles. The van der Waals surface area contributed by atoms with Crippen LogP contribution in [0, 0.1) is 5.92 Å². The van der Waals surface area contributed by atoms with E-state index in [4.69, 9.17) is 0 Å². The summed E-state index contributed by atoms with van der Waals surface area (Å²) in [7, 11) is 0. The van der Waals surface area contributed by atoms with E-state index in [0.717, 1.165) is 11.3 Å². The number of amides is 4. The SMILES string of the molecule is CC(C)CCNC(=O)CN1C(=O)CNC1=O. The third-order valence-corrected chi connectivity index (χ3v) is 2.28. The van der Waals surface area contributed by atoms with Crippen LogP contribution in [-0.4, -0.2) is 42.4 Å².